The lowest BCUT2D eigenvalue weighted by Gasteiger charge is -2.18. The van der Waals surface area contributed by atoms with Gasteiger partial charge in [-0.2, -0.15) is 0 Å². The van der Waals surface area contributed by atoms with Crippen LogP contribution in [0, 0.1) is 0 Å². The molecule has 2 aromatic carbocycles. The van der Waals surface area contributed by atoms with Crippen molar-refractivity contribution in [2.45, 2.75) is 32.2 Å². The van der Waals surface area contributed by atoms with Crippen LogP contribution in [0.1, 0.15) is 41.9 Å². The summed E-state index contributed by atoms with van der Waals surface area (Å²) >= 11 is 0. The Labute approximate surface area is 150 Å². The standard InChI is InChI=1S/C21H19NO4/c1-2-17-19(21(25)26)20(24)16-10-5-13(12-3-8-15(23)9-4-12)11-18(16)22(17)14-6-7-14/h3-5,8-11,14,23H,2,6-7H2,1H3,(H,25,26). The fraction of sp³-hybridized carbons (Fsp3) is 0.238. The highest BCUT2D eigenvalue weighted by Gasteiger charge is 2.30. The maximum absolute atomic E-state index is 12.8. The number of carboxylic acids is 1. The lowest BCUT2D eigenvalue weighted by Crippen LogP contribution is -2.23. The largest absolute Gasteiger partial charge is 0.508 e. The Hall–Kier alpha value is -3.08. The van der Waals surface area contributed by atoms with E-state index in [0.29, 0.717) is 17.5 Å². The molecule has 0 unspecified atom stereocenters. The third-order valence-electron chi connectivity index (χ3n) is 4.97. The smallest absolute Gasteiger partial charge is 0.341 e. The number of aromatic hydroxyl groups is 1. The Balaban J connectivity index is 2.05. The van der Waals surface area contributed by atoms with Crippen molar-refractivity contribution in [3.05, 3.63) is 63.9 Å². The molecule has 26 heavy (non-hydrogen) atoms. The first kappa shape index (κ1) is 16.4. The van der Waals surface area contributed by atoms with E-state index in [1.54, 1.807) is 18.2 Å². The predicted octanol–water partition coefficient (Wildman–Crippen LogP) is 3.97. The van der Waals surface area contributed by atoms with E-state index in [0.717, 1.165) is 29.5 Å². The number of rotatable bonds is 4. The van der Waals surface area contributed by atoms with Crippen LogP contribution in [-0.4, -0.2) is 20.7 Å². The molecule has 3 aromatic rings. The van der Waals surface area contributed by atoms with Gasteiger partial charge in [-0.3, -0.25) is 4.79 Å². The zero-order valence-electron chi connectivity index (χ0n) is 14.4. The van der Waals surface area contributed by atoms with Crippen molar-refractivity contribution in [2.75, 3.05) is 0 Å². The summed E-state index contributed by atoms with van der Waals surface area (Å²) < 4.78 is 2.05. The first-order valence-electron chi connectivity index (χ1n) is 8.75. The number of hydrogen-bond acceptors (Lipinski definition) is 3. The molecule has 1 aliphatic carbocycles. The van der Waals surface area contributed by atoms with Crippen molar-refractivity contribution >= 4 is 16.9 Å². The van der Waals surface area contributed by atoms with Gasteiger partial charge in [0.25, 0.3) is 0 Å². The van der Waals surface area contributed by atoms with Crippen LogP contribution in [0.4, 0.5) is 0 Å². The normalized spacial score (nSPS) is 13.9. The second-order valence-electron chi connectivity index (χ2n) is 6.69. The molecule has 5 nitrogen and oxygen atoms in total. The lowest BCUT2D eigenvalue weighted by atomic mass is 10.00. The Morgan fingerprint density at radius 1 is 1.12 bits per heavy atom. The van der Waals surface area contributed by atoms with Gasteiger partial charge < -0.3 is 14.8 Å². The van der Waals surface area contributed by atoms with Gasteiger partial charge in [0.1, 0.15) is 11.3 Å². The molecule has 5 heteroatoms. The van der Waals surface area contributed by atoms with Gasteiger partial charge in [0.2, 0.25) is 5.43 Å². The van der Waals surface area contributed by atoms with Crippen molar-refractivity contribution in [3.8, 4) is 16.9 Å². The summed E-state index contributed by atoms with van der Waals surface area (Å²) in [6.07, 6.45) is 2.48. The van der Waals surface area contributed by atoms with Crippen molar-refractivity contribution in [1.82, 2.24) is 4.57 Å². The quantitative estimate of drug-likeness (QED) is 0.747. The SMILES string of the molecule is CCc1c(C(=O)O)c(=O)c2ccc(-c3ccc(O)cc3)cc2n1C1CC1. The second kappa shape index (κ2) is 6.02. The molecule has 0 radical (unpaired) electrons. The number of carboxylic acid groups (broad SMARTS) is 1. The Morgan fingerprint density at radius 2 is 1.77 bits per heavy atom. The van der Waals surface area contributed by atoms with Gasteiger partial charge in [-0.15, -0.1) is 0 Å². The van der Waals surface area contributed by atoms with E-state index >= 15 is 0 Å². The molecular weight excluding hydrogens is 330 g/mol. The fourth-order valence-corrected chi connectivity index (χ4v) is 3.61. The van der Waals surface area contributed by atoms with Crippen LogP contribution < -0.4 is 5.43 Å². The summed E-state index contributed by atoms with van der Waals surface area (Å²) in [4.78, 5) is 24.5. The molecule has 0 atom stereocenters. The zero-order valence-corrected chi connectivity index (χ0v) is 14.4. The van der Waals surface area contributed by atoms with Crippen LogP contribution in [0.2, 0.25) is 0 Å². The van der Waals surface area contributed by atoms with Gasteiger partial charge in [0, 0.05) is 17.1 Å². The summed E-state index contributed by atoms with van der Waals surface area (Å²) in [6.45, 7) is 1.88. The van der Waals surface area contributed by atoms with Crippen LogP contribution in [-0.2, 0) is 6.42 Å². The molecule has 1 heterocycles. The minimum absolute atomic E-state index is 0.107. The molecule has 2 N–H and O–H groups in total. The molecule has 1 aliphatic rings. The van der Waals surface area contributed by atoms with Gasteiger partial charge in [-0.25, -0.2) is 4.79 Å². The van der Waals surface area contributed by atoms with Crippen LogP contribution in [0.15, 0.2) is 47.3 Å². The minimum Gasteiger partial charge on any atom is -0.508 e. The van der Waals surface area contributed by atoms with Crippen molar-refractivity contribution in [2.24, 2.45) is 0 Å². The highest BCUT2D eigenvalue weighted by molar-refractivity contribution is 5.95. The van der Waals surface area contributed by atoms with Crippen molar-refractivity contribution in [3.63, 3.8) is 0 Å². The average molecular weight is 349 g/mol. The molecule has 1 aromatic heterocycles. The molecule has 132 valence electrons. The summed E-state index contributed by atoms with van der Waals surface area (Å²) in [5.74, 6) is -0.963. The van der Waals surface area contributed by atoms with Crippen LogP contribution in [0.3, 0.4) is 0 Å². The second-order valence-corrected chi connectivity index (χ2v) is 6.69. The molecule has 1 fully saturated rings. The molecule has 4 rings (SSSR count). The number of pyridine rings is 1. The van der Waals surface area contributed by atoms with E-state index in [4.69, 9.17) is 0 Å². The number of fused-ring (bicyclic) bond motifs is 1. The Bertz CT molecular complexity index is 1080. The lowest BCUT2D eigenvalue weighted by molar-refractivity contribution is 0.0693. The van der Waals surface area contributed by atoms with E-state index in [9.17, 15) is 19.8 Å². The number of phenols is 1. The van der Waals surface area contributed by atoms with Crippen LogP contribution in [0.25, 0.3) is 22.0 Å². The van der Waals surface area contributed by atoms with Gasteiger partial charge in [0.15, 0.2) is 0 Å². The van der Waals surface area contributed by atoms with Gasteiger partial charge in [-0.05, 0) is 54.7 Å². The Kier molecular flexibility index (Phi) is 3.80. The number of aromatic carboxylic acids is 1. The maximum Gasteiger partial charge on any atom is 0.341 e. The third-order valence-corrected chi connectivity index (χ3v) is 4.97. The van der Waals surface area contributed by atoms with E-state index in [-0.39, 0.29) is 17.4 Å². The minimum atomic E-state index is -1.16. The summed E-state index contributed by atoms with van der Waals surface area (Å²) in [5.41, 5.74) is 2.71. The number of hydrogen-bond donors (Lipinski definition) is 2. The zero-order chi connectivity index (χ0) is 18.4. The fourth-order valence-electron chi connectivity index (χ4n) is 3.61. The van der Waals surface area contributed by atoms with E-state index in [1.807, 2.05) is 35.8 Å². The third kappa shape index (κ3) is 2.56. The molecule has 0 spiro atoms. The number of nitrogens with zero attached hydrogens (tertiary/aromatic N) is 1. The summed E-state index contributed by atoms with van der Waals surface area (Å²) in [7, 11) is 0. The van der Waals surface area contributed by atoms with E-state index in [1.165, 1.54) is 0 Å². The molecular formula is C21H19NO4. The number of carbonyl (C=O) groups is 1. The van der Waals surface area contributed by atoms with E-state index in [2.05, 4.69) is 0 Å². The van der Waals surface area contributed by atoms with Crippen molar-refractivity contribution < 1.29 is 15.0 Å². The first-order valence-corrected chi connectivity index (χ1v) is 8.75. The maximum atomic E-state index is 12.8. The highest BCUT2D eigenvalue weighted by Crippen LogP contribution is 2.39. The molecule has 0 saturated heterocycles. The van der Waals surface area contributed by atoms with E-state index < -0.39 is 11.4 Å². The molecule has 0 amide bonds. The highest BCUT2D eigenvalue weighted by atomic mass is 16.4. The van der Waals surface area contributed by atoms with Crippen LogP contribution in [0.5, 0.6) is 5.75 Å². The topological polar surface area (TPSA) is 79.5 Å². The van der Waals surface area contributed by atoms with Gasteiger partial charge >= 0.3 is 5.97 Å². The average Bonchev–Trinajstić information content (AvgIpc) is 3.46. The number of benzene rings is 2. The van der Waals surface area contributed by atoms with Crippen LogP contribution >= 0.6 is 0 Å². The first-order chi connectivity index (χ1) is 12.5. The molecule has 0 aliphatic heterocycles. The summed E-state index contributed by atoms with van der Waals surface area (Å²) in [6, 6.07) is 12.6. The van der Waals surface area contributed by atoms with Gasteiger partial charge in [0.05, 0.1) is 5.52 Å². The Morgan fingerprint density at radius 3 is 2.35 bits per heavy atom. The molecule has 1 saturated carbocycles. The molecule has 0 bridgehead atoms. The number of phenolic OH excluding ortho intramolecular Hbond substituents is 1. The van der Waals surface area contributed by atoms with Crippen molar-refractivity contribution in [1.29, 1.82) is 0 Å². The predicted molar refractivity (Wildman–Crippen MR) is 99.9 cm³/mol. The van der Waals surface area contributed by atoms with Gasteiger partial charge in [-0.1, -0.05) is 25.1 Å². The number of aromatic nitrogens is 1. The summed E-state index contributed by atoms with van der Waals surface area (Å²) in [5, 5.41) is 19.5. The monoisotopic (exact) mass is 349 g/mol.